The second-order valence-corrected chi connectivity index (χ2v) is 6.90. The number of hydrogen-bond acceptors (Lipinski definition) is 2. The molecule has 2 aromatic rings. The number of nitrogens with one attached hydrogen (secondary N) is 2. The Morgan fingerprint density at radius 3 is 2.65 bits per heavy atom. The summed E-state index contributed by atoms with van der Waals surface area (Å²) in [6.07, 6.45) is 1.08. The van der Waals surface area contributed by atoms with Gasteiger partial charge in [-0.2, -0.15) is 0 Å². The van der Waals surface area contributed by atoms with Crippen molar-refractivity contribution < 1.29 is 4.39 Å². The van der Waals surface area contributed by atoms with E-state index in [-0.39, 0.29) is 5.82 Å². The third-order valence-corrected chi connectivity index (χ3v) is 4.85. The molecule has 138 valence electrons. The molecular formula is C21H27FN4. The number of nitrogens with zero attached hydrogens (tertiary/aromatic N) is 2. The minimum absolute atomic E-state index is 0.214. The molecule has 0 spiro atoms. The summed E-state index contributed by atoms with van der Waals surface area (Å²) < 4.78 is 13.3. The SMILES string of the molecule is CN=C(NCc1cccc(F)c1)NC1CC(C)N(Cc2ccccc2)C1. The van der Waals surface area contributed by atoms with Crippen LogP contribution in [0.2, 0.25) is 0 Å². The van der Waals surface area contributed by atoms with Crippen LogP contribution < -0.4 is 10.6 Å². The van der Waals surface area contributed by atoms with E-state index >= 15 is 0 Å². The third-order valence-electron chi connectivity index (χ3n) is 4.85. The normalized spacial score (nSPS) is 21.0. The lowest BCUT2D eigenvalue weighted by Gasteiger charge is -2.21. The van der Waals surface area contributed by atoms with Gasteiger partial charge < -0.3 is 10.6 Å². The average molecular weight is 354 g/mol. The van der Waals surface area contributed by atoms with Gasteiger partial charge in [0.25, 0.3) is 0 Å². The van der Waals surface area contributed by atoms with Gasteiger partial charge >= 0.3 is 0 Å². The lowest BCUT2D eigenvalue weighted by molar-refractivity contribution is 0.258. The standard InChI is InChI=1S/C21H27FN4/c1-16-11-20(15-26(16)14-17-7-4-3-5-8-17)25-21(23-2)24-13-18-9-6-10-19(22)12-18/h3-10,12,16,20H,11,13-15H2,1-2H3,(H2,23,24,25). The van der Waals surface area contributed by atoms with Crippen molar-refractivity contribution in [2.75, 3.05) is 13.6 Å². The van der Waals surface area contributed by atoms with E-state index in [4.69, 9.17) is 0 Å². The quantitative estimate of drug-likeness (QED) is 0.640. The third kappa shape index (κ3) is 5.05. The van der Waals surface area contributed by atoms with Gasteiger partial charge in [-0.25, -0.2) is 4.39 Å². The van der Waals surface area contributed by atoms with Crippen LogP contribution in [0.4, 0.5) is 4.39 Å². The molecule has 2 aromatic carbocycles. The van der Waals surface area contributed by atoms with E-state index in [0.717, 1.165) is 31.0 Å². The molecule has 1 fully saturated rings. The molecule has 0 bridgehead atoms. The van der Waals surface area contributed by atoms with Gasteiger partial charge in [0.15, 0.2) is 5.96 Å². The second kappa shape index (κ2) is 8.81. The van der Waals surface area contributed by atoms with Crippen LogP contribution in [0.3, 0.4) is 0 Å². The summed E-state index contributed by atoms with van der Waals surface area (Å²) in [6, 6.07) is 18.1. The lowest BCUT2D eigenvalue weighted by atomic mass is 10.2. The van der Waals surface area contributed by atoms with Gasteiger partial charge in [0.05, 0.1) is 0 Å². The predicted octanol–water partition coefficient (Wildman–Crippen LogP) is 3.15. The number of rotatable bonds is 5. The fraction of sp³-hybridized carbons (Fsp3) is 0.381. The van der Waals surface area contributed by atoms with Crippen molar-refractivity contribution in [3.8, 4) is 0 Å². The first kappa shape index (κ1) is 18.4. The maximum Gasteiger partial charge on any atom is 0.191 e. The molecule has 0 amide bonds. The highest BCUT2D eigenvalue weighted by molar-refractivity contribution is 5.80. The smallest absolute Gasteiger partial charge is 0.191 e. The Labute approximate surface area is 155 Å². The molecule has 1 saturated heterocycles. The molecule has 26 heavy (non-hydrogen) atoms. The molecule has 1 aliphatic rings. The summed E-state index contributed by atoms with van der Waals surface area (Å²) in [4.78, 5) is 6.80. The van der Waals surface area contributed by atoms with Gasteiger partial charge in [-0.3, -0.25) is 9.89 Å². The summed E-state index contributed by atoms with van der Waals surface area (Å²) >= 11 is 0. The van der Waals surface area contributed by atoms with E-state index < -0.39 is 0 Å². The highest BCUT2D eigenvalue weighted by Crippen LogP contribution is 2.20. The second-order valence-electron chi connectivity index (χ2n) is 6.90. The molecule has 0 aromatic heterocycles. The van der Waals surface area contributed by atoms with Crippen LogP contribution in [-0.4, -0.2) is 36.5 Å². The molecule has 1 heterocycles. The van der Waals surface area contributed by atoms with Gasteiger partial charge in [-0.05, 0) is 36.6 Å². The summed E-state index contributed by atoms with van der Waals surface area (Å²) in [5.74, 6) is 0.543. The van der Waals surface area contributed by atoms with E-state index in [1.165, 1.54) is 11.6 Å². The maximum atomic E-state index is 13.3. The zero-order valence-electron chi connectivity index (χ0n) is 15.5. The van der Waals surface area contributed by atoms with Gasteiger partial charge in [0.1, 0.15) is 5.82 Å². The number of halogens is 1. The van der Waals surface area contributed by atoms with E-state index in [0.29, 0.717) is 18.6 Å². The highest BCUT2D eigenvalue weighted by atomic mass is 19.1. The zero-order chi connectivity index (χ0) is 18.4. The summed E-state index contributed by atoms with van der Waals surface area (Å²) in [5, 5.41) is 6.77. The molecule has 0 aliphatic carbocycles. The van der Waals surface area contributed by atoms with Gasteiger partial charge in [-0.1, -0.05) is 42.5 Å². The van der Waals surface area contributed by atoms with Crippen molar-refractivity contribution in [3.05, 3.63) is 71.5 Å². The molecule has 2 N–H and O–H groups in total. The van der Waals surface area contributed by atoms with Crippen LogP contribution in [0.5, 0.6) is 0 Å². The van der Waals surface area contributed by atoms with Crippen molar-refractivity contribution >= 4 is 5.96 Å². The first-order valence-electron chi connectivity index (χ1n) is 9.13. The number of hydrogen-bond donors (Lipinski definition) is 2. The molecule has 0 radical (unpaired) electrons. The Hall–Kier alpha value is -2.40. The van der Waals surface area contributed by atoms with Crippen molar-refractivity contribution in [2.45, 2.75) is 38.5 Å². The van der Waals surface area contributed by atoms with Crippen molar-refractivity contribution in [1.82, 2.24) is 15.5 Å². The average Bonchev–Trinajstić information content (AvgIpc) is 2.98. The minimum Gasteiger partial charge on any atom is -0.352 e. The first-order chi connectivity index (χ1) is 12.6. The molecule has 0 saturated carbocycles. The van der Waals surface area contributed by atoms with Crippen molar-refractivity contribution in [1.29, 1.82) is 0 Å². The van der Waals surface area contributed by atoms with Gasteiger partial charge in [-0.15, -0.1) is 0 Å². The maximum absolute atomic E-state index is 13.3. The van der Waals surface area contributed by atoms with Crippen molar-refractivity contribution in [2.24, 2.45) is 4.99 Å². The Morgan fingerprint density at radius 2 is 1.92 bits per heavy atom. The first-order valence-corrected chi connectivity index (χ1v) is 9.13. The van der Waals surface area contributed by atoms with Gasteiger partial charge in [0.2, 0.25) is 0 Å². The summed E-state index contributed by atoms with van der Waals surface area (Å²) in [6.45, 7) is 4.77. The van der Waals surface area contributed by atoms with Gasteiger partial charge in [0, 0.05) is 38.8 Å². The minimum atomic E-state index is -0.214. The molecular weight excluding hydrogens is 327 g/mol. The molecule has 3 rings (SSSR count). The monoisotopic (exact) mass is 354 g/mol. The van der Waals surface area contributed by atoms with E-state index in [2.05, 4.69) is 57.8 Å². The van der Waals surface area contributed by atoms with Crippen LogP contribution in [-0.2, 0) is 13.1 Å². The Kier molecular flexibility index (Phi) is 6.23. The molecule has 5 heteroatoms. The number of aliphatic imine (C=N–C) groups is 1. The predicted molar refractivity (Wildman–Crippen MR) is 104 cm³/mol. The van der Waals surface area contributed by atoms with Crippen LogP contribution in [0.25, 0.3) is 0 Å². The molecule has 2 atom stereocenters. The fourth-order valence-corrected chi connectivity index (χ4v) is 3.46. The Morgan fingerprint density at radius 1 is 1.15 bits per heavy atom. The van der Waals surface area contributed by atoms with Crippen LogP contribution in [0.1, 0.15) is 24.5 Å². The fourth-order valence-electron chi connectivity index (χ4n) is 3.46. The lowest BCUT2D eigenvalue weighted by Crippen LogP contribution is -2.44. The number of benzene rings is 2. The number of likely N-dealkylation sites (tertiary alicyclic amines) is 1. The Bertz CT molecular complexity index is 732. The molecule has 4 nitrogen and oxygen atoms in total. The Balaban J connectivity index is 1.51. The summed E-state index contributed by atoms with van der Waals surface area (Å²) in [5.41, 5.74) is 2.24. The van der Waals surface area contributed by atoms with Crippen LogP contribution >= 0.6 is 0 Å². The molecule has 2 unspecified atom stereocenters. The van der Waals surface area contributed by atoms with E-state index in [1.54, 1.807) is 19.2 Å². The van der Waals surface area contributed by atoms with E-state index in [9.17, 15) is 4.39 Å². The largest absolute Gasteiger partial charge is 0.352 e. The van der Waals surface area contributed by atoms with E-state index in [1.807, 2.05) is 6.07 Å². The van der Waals surface area contributed by atoms with Crippen LogP contribution in [0, 0.1) is 5.82 Å². The van der Waals surface area contributed by atoms with Crippen LogP contribution in [0.15, 0.2) is 59.6 Å². The van der Waals surface area contributed by atoms with Crippen molar-refractivity contribution in [3.63, 3.8) is 0 Å². The summed E-state index contributed by atoms with van der Waals surface area (Å²) in [7, 11) is 1.76. The molecule has 1 aliphatic heterocycles. The zero-order valence-corrected chi connectivity index (χ0v) is 15.5. The number of guanidine groups is 1. The topological polar surface area (TPSA) is 39.7 Å². The highest BCUT2D eigenvalue weighted by Gasteiger charge is 2.29.